The lowest BCUT2D eigenvalue weighted by Crippen LogP contribution is -2.24. The zero-order valence-corrected chi connectivity index (χ0v) is 14.3. The fourth-order valence-corrected chi connectivity index (χ4v) is 2.93. The molecule has 1 aromatic carbocycles. The number of amides is 1. The van der Waals surface area contributed by atoms with Gasteiger partial charge in [-0.25, -0.2) is 4.79 Å². The van der Waals surface area contributed by atoms with Gasteiger partial charge in [0, 0.05) is 12.7 Å². The number of ether oxygens (including phenoxy) is 1. The van der Waals surface area contributed by atoms with E-state index in [1.165, 1.54) is 18.9 Å². The molecular weight excluding hydrogens is 340 g/mol. The standard InChI is InChI=1S/C17H16N4O3S/c1-24-16(23)13-7-5-12(6-8-13)10-18-15(22)11-25-17-20-19-14-4-2-3-9-21(14)17/h2-9H,10-11H2,1H3,(H,18,22). The Kier molecular flexibility index (Phi) is 5.30. The summed E-state index contributed by atoms with van der Waals surface area (Å²) in [6.07, 6.45) is 1.86. The van der Waals surface area contributed by atoms with Crippen LogP contribution in [0.15, 0.2) is 53.8 Å². The molecule has 1 amide bonds. The maximum atomic E-state index is 12.0. The Bertz CT molecular complexity index is 892. The van der Waals surface area contributed by atoms with Gasteiger partial charge in [0.1, 0.15) is 0 Å². The van der Waals surface area contributed by atoms with Crippen LogP contribution in [0.1, 0.15) is 15.9 Å². The van der Waals surface area contributed by atoms with Crippen LogP contribution in [0.4, 0.5) is 0 Å². The number of methoxy groups -OCH3 is 1. The van der Waals surface area contributed by atoms with Crippen LogP contribution in [-0.2, 0) is 16.1 Å². The Morgan fingerprint density at radius 3 is 2.72 bits per heavy atom. The number of aromatic nitrogens is 3. The largest absolute Gasteiger partial charge is 0.465 e. The summed E-state index contributed by atoms with van der Waals surface area (Å²) < 4.78 is 6.48. The average molecular weight is 356 g/mol. The van der Waals surface area contributed by atoms with Crippen molar-refractivity contribution >= 4 is 29.3 Å². The zero-order valence-electron chi connectivity index (χ0n) is 13.5. The molecular formula is C17H16N4O3S. The van der Waals surface area contributed by atoms with Crippen molar-refractivity contribution in [2.45, 2.75) is 11.7 Å². The van der Waals surface area contributed by atoms with Gasteiger partial charge in [-0.15, -0.1) is 10.2 Å². The van der Waals surface area contributed by atoms with Gasteiger partial charge < -0.3 is 10.1 Å². The summed E-state index contributed by atoms with van der Waals surface area (Å²) >= 11 is 1.33. The highest BCUT2D eigenvalue weighted by atomic mass is 32.2. The summed E-state index contributed by atoms with van der Waals surface area (Å²) in [6, 6.07) is 12.5. The number of carbonyl (C=O) groups excluding carboxylic acids is 2. The summed E-state index contributed by atoms with van der Waals surface area (Å²) in [6.45, 7) is 0.390. The van der Waals surface area contributed by atoms with Crippen LogP contribution < -0.4 is 5.32 Å². The van der Waals surface area contributed by atoms with Gasteiger partial charge >= 0.3 is 5.97 Å². The lowest BCUT2D eigenvalue weighted by Gasteiger charge is -2.06. The van der Waals surface area contributed by atoms with Crippen molar-refractivity contribution in [1.29, 1.82) is 0 Å². The third-order valence-corrected chi connectivity index (χ3v) is 4.42. The van der Waals surface area contributed by atoms with E-state index in [4.69, 9.17) is 0 Å². The molecule has 0 bridgehead atoms. The zero-order chi connectivity index (χ0) is 17.6. The Hall–Kier alpha value is -2.87. The van der Waals surface area contributed by atoms with Crippen molar-refractivity contribution < 1.29 is 14.3 Å². The van der Waals surface area contributed by atoms with Gasteiger partial charge in [0.2, 0.25) is 5.91 Å². The highest BCUT2D eigenvalue weighted by Crippen LogP contribution is 2.16. The van der Waals surface area contributed by atoms with E-state index in [0.717, 1.165) is 11.2 Å². The Morgan fingerprint density at radius 1 is 1.16 bits per heavy atom. The molecule has 7 nitrogen and oxygen atoms in total. The summed E-state index contributed by atoms with van der Waals surface area (Å²) in [5, 5.41) is 11.6. The molecule has 2 heterocycles. The number of thioether (sulfide) groups is 1. The van der Waals surface area contributed by atoms with Gasteiger partial charge in [0.05, 0.1) is 18.4 Å². The first kappa shape index (κ1) is 17.0. The normalized spacial score (nSPS) is 10.6. The number of carbonyl (C=O) groups is 2. The third kappa shape index (κ3) is 4.16. The summed E-state index contributed by atoms with van der Waals surface area (Å²) in [5.41, 5.74) is 2.13. The molecule has 0 saturated heterocycles. The predicted octanol–water partition coefficient (Wildman–Crippen LogP) is 1.92. The second kappa shape index (κ2) is 7.80. The highest BCUT2D eigenvalue weighted by Gasteiger charge is 2.09. The van der Waals surface area contributed by atoms with Crippen molar-refractivity contribution in [3.8, 4) is 0 Å². The smallest absolute Gasteiger partial charge is 0.337 e. The number of esters is 1. The first-order chi connectivity index (χ1) is 12.2. The van der Waals surface area contributed by atoms with Crippen molar-refractivity contribution in [2.75, 3.05) is 12.9 Å². The van der Waals surface area contributed by atoms with Crippen LogP contribution in [0.2, 0.25) is 0 Å². The van der Waals surface area contributed by atoms with E-state index in [2.05, 4.69) is 20.3 Å². The summed E-state index contributed by atoms with van der Waals surface area (Å²) in [7, 11) is 1.34. The number of rotatable bonds is 6. The minimum atomic E-state index is -0.382. The molecule has 2 aromatic heterocycles. The average Bonchev–Trinajstić information content (AvgIpc) is 3.07. The molecule has 0 aliphatic carbocycles. The number of hydrogen-bond acceptors (Lipinski definition) is 6. The first-order valence-corrected chi connectivity index (χ1v) is 8.52. The van der Waals surface area contributed by atoms with Gasteiger partial charge in [-0.2, -0.15) is 0 Å². The molecule has 0 radical (unpaired) electrons. The minimum absolute atomic E-state index is 0.102. The molecule has 1 N–H and O–H groups in total. The SMILES string of the molecule is COC(=O)c1ccc(CNC(=O)CSc2nnc3ccccn23)cc1. The number of hydrogen-bond donors (Lipinski definition) is 1. The number of nitrogens with zero attached hydrogens (tertiary/aromatic N) is 3. The lowest BCUT2D eigenvalue weighted by molar-refractivity contribution is -0.118. The number of benzene rings is 1. The molecule has 25 heavy (non-hydrogen) atoms. The van der Waals surface area contributed by atoms with Crippen molar-refractivity contribution in [1.82, 2.24) is 19.9 Å². The molecule has 0 saturated carbocycles. The van der Waals surface area contributed by atoms with Crippen LogP contribution in [-0.4, -0.2) is 39.3 Å². The van der Waals surface area contributed by atoms with Gasteiger partial charge in [0.15, 0.2) is 10.8 Å². The first-order valence-electron chi connectivity index (χ1n) is 7.54. The third-order valence-electron chi connectivity index (χ3n) is 3.48. The van der Waals surface area contributed by atoms with E-state index in [9.17, 15) is 9.59 Å². The molecule has 0 atom stereocenters. The summed E-state index contributed by atoms with van der Waals surface area (Å²) in [4.78, 5) is 23.4. The molecule has 0 aliphatic heterocycles. The van der Waals surface area contributed by atoms with Crippen molar-refractivity contribution in [3.63, 3.8) is 0 Å². The molecule has 8 heteroatoms. The van der Waals surface area contributed by atoms with Gasteiger partial charge in [-0.05, 0) is 29.8 Å². The maximum Gasteiger partial charge on any atom is 0.337 e. The second-order valence-electron chi connectivity index (χ2n) is 5.17. The number of pyridine rings is 1. The van der Waals surface area contributed by atoms with Gasteiger partial charge in [-0.3, -0.25) is 9.20 Å². The minimum Gasteiger partial charge on any atom is -0.465 e. The number of nitrogens with one attached hydrogen (secondary N) is 1. The molecule has 0 aliphatic rings. The van der Waals surface area contributed by atoms with E-state index >= 15 is 0 Å². The van der Waals surface area contributed by atoms with E-state index in [1.54, 1.807) is 24.3 Å². The van der Waals surface area contributed by atoms with Crippen LogP contribution >= 0.6 is 11.8 Å². The molecule has 3 rings (SSSR count). The van der Waals surface area contributed by atoms with Crippen LogP contribution in [0.3, 0.4) is 0 Å². The topological polar surface area (TPSA) is 85.6 Å². The second-order valence-corrected chi connectivity index (χ2v) is 6.11. The Balaban J connectivity index is 1.50. The molecule has 0 spiro atoms. The van der Waals surface area contributed by atoms with Gasteiger partial charge in [0.25, 0.3) is 0 Å². The lowest BCUT2D eigenvalue weighted by atomic mass is 10.1. The van der Waals surface area contributed by atoms with E-state index in [-0.39, 0.29) is 17.6 Å². The van der Waals surface area contributed by atoms with Crippen LogP contribution in [0.5, 0.6) is 0 Å². The Morgan fingerprint density at radius 2 is 1.96 bits per heavy atom. The predicted molar refractivity (Wildman–Crippen MR) is 93.3 cm³/mol. The van der Waals surface area contributed by atoms with E-state index < -0.39 is 0 Å². The van der Waals surface area contributed by atoms with Crippen LogP contribution in [0, 0.1) is 0 Å². The van der Waals surface area contributed by atoms with Crippen LogP contribution in [0.25, 0.3) is 5.65 Å². The van der Waals surface area contributed by atoms with E-state index in [1.807, 2.05) is 28.8 Å². The number of fused-ring (bicyclic) bond motifs is 1. The molecule has 3 aromatic rings. The monoisotopic (exact) mass is 356 g/mol. The quantitative estimate of drug-likeness (QED) is 0.536. The Labute approximate surface area is 148 Å². The fourth-order valence-electron chi connectivity index (χ4n) is 2.18. The fraction of sp³-hybridized carbons (Fsp3) is 0.176. The molecule has 0 fully saturated rings. The summed E-state index contributed by atoms with van der Waals surface area (Å²) in [5.74, 6) is -0.238. The molecule has 128 valence electrons. The highest BCUT2D eigenvalue weighted by molar-refractivity contribution is 7.99. The molecule has 0 unspecified atom stereocenters. The van der Waals surface area contributed by atoms with Crippen molar-refractivity contribution in [3.05, 3.63) is 59.8 Å². The van der Waals surface area contributed by atoms with E-state index in [0.29, 0.717) is 17.3 Å². The van der Waals surface area contributed by atoms with Crippen molar-refractivity contribution in [2.24, 2.45) is 0 Å². The maximum absolute atomic E-state index is 12.0. The van der Waals surface area contributed by atoms with Gasteiger partial charge in [-0.1, -0.05) is 30.0 Å².